The number of aromatic nitrogens is 3. The monoisotopic (exact) mass is 681 g/mol. The first-order valence-corrected chi connectivity index (χ1v) is 18.2. The lowest BCUT2D eigenvalue weighted by atomic mass is 9.95. The molecular formula is C47H27N3OS. The molecule has 0 unspecified atom stereocenters. The van der Waals surface area contributed by atoms with Crippen LogP contribution in [0.15, 0.2) is 168 Å². The third-order valence-electron chi connectivity index (χ3n) is 10.1. The third kappa shape index (κ3) is 4.50. The van der Waals surface area contributed by atoms with Crippen LogP contribution in [-0.4, -0.2) is 15.0 Å². The van der Waals surface area contributed by atoms with Gasteiger partial charge in [0, 0.05) is 69.4 Å². The first kappa shape index (κ1) is 29.1. The summed E-state index contributed by atoms with van der Waals surface area (Å²) in [4.78, 5) is 15.6. The molecule has 0 aliphatic carbocycles. The van der Waals surface area contributed by atoms with Crippen LogP contribution in [0.4, 0.5) is 0 Å². The SMILES string of the molecule is c1ccc(-c2nc(-c3ccc4oc5ccc6c(-c7ccccc7)nc7ccccc7c6c5c4c3)cc(-c3cccc4sc5ccccc5c34)n2)cc1. The molecule has 0 atom stereocenters. The molecule has 0 N–H and O–H groups in total. The van der Waals surface area contributed by atoms with Gasteiger partial charge in [-0.15, -0.1) is 11.3 Å². The van der Waals surface area contributed by atoms with Crippen LogP contribution >= 0.6 is 11.3 Å². The van der Waals surface area contributed by atoms with E-state index in [-0.39, 0.29) is 0 Å². The summed E-state index contributed by atoms with van der Waals surface area (Å²) in [5.74, 6) is 0.691. The summed E-state index contributed by atoms with van der Waals surface area (Å²) in [7, 11) is 0. The van der Waals surface area contributed by atoms with Crippen molar-refractivity contribution in [2.45, 2.75) is 0 Å². The fourth-order valence-electron chi connectivity index (χ4n) is 7.72. The van der Waals surface area contributed by atoms with Crippen molar-refractivity contribution in [2.75, 3.05) is 0 Å². The van der Waals surface area contributed by atoms with E-state index in [2.05, 4.69) is 140 Å². The molecule has 242 valence electrons. The van der Waals surface area contributed by atoms with Crippen molar-refractivity contribution < 1.29 is 4.42 Å². The Morgan fingerprint density at radius 3 is 1.98 bits per heavy atom. The zero-order valence-corrected chi connectivity index (χ0v) is 28.6. The van der Waals surface area contributed by atoms with Gasteiger partial charge in [-0.1, -0.05) is 109 Å². The lowest BCUT2D eigenvalue weighted by Gasteiger charge is -2.12. The quantitative estimate of drug-likeness (QED) is 0.174. The fraction of sp³-hybridized carbons (Fsp3) is 0. The van der Waals surface area contributed by atoms with Crippen molar-refractivity contribution in [3.8, 4) is 45.2 Å². The maximum absolute atomic E-state index is 6.56. The molecule has 0 saturated carbocycles. The van der Waals surface area contributed by atoms with Gasteiger partial charge in [-0.05, 0) is 54.6 Å². The van der Waals surface area contributed by atoms with Gasteiger partial charge >= 0.3 is 0 Å². The third-order valence-corrected chi connectivity index (χ3v) is 11.2. The Morgan fingerprint density at radius 1 is 0.404 bits per heavy atom. The Bertz CT molecular complexity index is 3180. The summed E-state index contributed by atoms with van der Waals surface area (Å²) in [5, 5.41) is 7.93. The standard InChI is InChI=1S/C47H27N3OS/c1-3-12-28(13-4-1)46-34-23-25-40-45(44(34)31-16-7-9-19-36(31)48-46)35-26-30(22-24-39(35)51-40)37-27-38(50-47(49-37)29-14-5-2-6-15-29)32-18-11-21-42-43(32)33-17-8-10-20-41(33)52-42/h1-27H. The van der Waals surface area contributed by atoms with Gasteiger partial charge in [0.15, 0.2) is 5.82 Å². The molecule has 0 aliphatic rings. The summed E-state index contributed by atoms with van der Waals surface area (Å²) < 4.78 is 9.07. The normalized spacial score (nSPS) is 11.8. The lowest BCUT2D eigenvalue weighted by Crippen LogP contribution is -1.96. The van der Waals surface area contributed by atoms with E-state index in [1.807, 2.05) is 35.6 Å². The van der Waals surface area contributed by atoms with Crippen molar-refractivity contribution >= 4 is 75.1 Å². The number of rotatable bonds is 4. The number of fused-ring (bicyclic) bond motifs is 10. The van der Waals surface area contributed by atoms with Crippen LogP contribution in [0.1, 0.15) is 0 Å². The summed E-state index contributed by atoms with van der Waals surface area (Å²) >= 11 is 1.82. The van der Waals surface area contributed by atoms with E-state index in [0.717, 1.165) is 82.9 Å². The number of hydrogen-bond donors (Lipinski definition) is 0. The second-order valence-electron chi connectivity index (χ2n) is 13.1. The number of para-hydroxylation sites is 1. The second kappa shape index (κ2) is 11.4. The minimum atomic E-state index is 0.691. The molecule has 11 rings (SSSR count). The molecular weight excluding hydrogens is 655 g/mol. The maximum Gasteiger partial charge on any atom is 0.160 e. The van der Waals surface area contributed by atoms with Crippen LogP contribution in [0.25, 0.3) is 109 Å². The van der Waals surface area contributed by atoms with Crippen molar-refractivity contribution in [1.29, 1.82) is 0 Å². The van der Waals surface area contributed by atoms with Gasteiger partial charge in [-0.3, -0.25) is 0 Å². The van der Waals surface area contributed by atoms with Gasteiger partial charge in [0.1, 0.15) is 11.2 Å². The number of hydrogen-bond acceptors (Lipinski definition) is 5. The molecule has 0 bridgehead atoms. The van der Waals surface area contributed by atoms with Crippen molar-refractivity contribution in [3.63, 3.8) is 0 Å². The van der Waals surface area contributed by atoms with Crippen LogP contribution in [0.5, 0.6) is 0 Å². The maximum atomic E-state index is 6.56. The molecule has 0 amide bonds. The zero-order chi connectivity index (χ0) is 34.2. The van der Waals surface area contributed by atoms with Crippen molar-refractivity contribution in [3.05, 3.63) is 164 Å². The minimum absolute atomic E-state index is 0.691. The Morgan fingerprint density at radius 2 is 1.12 bits per heavy atom. The van der Waals surface area contributed by atoms with Crippen LogP contribution < -0.4 is 0 Å². The number of pyridine rings is 1. The Labute approximate surface area is 302 Å². The fourth-order valence-corrected chi connectivity index (χ4v) is 8.85. The lowest BCUT2D eigenvalue weighted by molar-refractivity contribution is 0.669. The van der Waals surface area contributed by atoms with Gasteiger partial charge in [-0.2, -0.15) is 0 Å². The molecule has 11 aromatic rings. The van der Waals surface area contributed by atoms with Gasteiger partial charge < -0.3 is 4.42 Å². The van der Waals surface area contributed by atoms with Gasteiger partial charge in [0.2, 0.25) is 0 Å². The number of thiophene rings is 1. The summed E-state index contributed by atoms with van der Waals surface area (Å²) in [6.07, 6.45) is 0. The molecule has 7 aromatic carbocycles. The van der Waals surface area contributed by atoms with Crippen molar-refractivity contribution in [2.24, 2.45) is 0 Å². The van der Waals surface area contributed by atoms with Crippen LogP contribution in [-0.2, 0) is 0 Å². The molecule has 4 nitrogen and oxygen atoms in total. The molecule has 4 heterocycles. The second-order valence-corrected chi connectivity index (χ2v) is 14.2. The van der Waals surface area contributed by atoms with E-state index in [4.69, 9.17) is 19.4 Å². The number of furan rings is 1. The average molecular weight is 682 g/mol. The molecule has 52 heavy (non-hydrogen) atoms. The predicted octanol–water partition coefficient (Wildman–Crippen LogP) is 13.1. The molecule has 4 aromatic heterocycles. The Hall–Kier alpha value is -6.69. The molecule has 5 heteroatoms. The first-order valence-electron chi connectivity index (χ1n) is 17.4. The van der Waals surface area contributed by atoms with E-state index < -0.39 is 0 Å². The summed E-state index contributed by atoms with van der Waals surface area (Å²) in [5.41, 5.74) is 9.50. The van der Waals surface area contributed by atoms with E-state index in [1.165, 1.54) is 20.2 Å². The highest BCUT2D eigenvalue weighted by molar-refractivity contribution is 7.25. The number of benzene rings is 7. The highest BCUT2D eigenvalue weighted by Gasteiger charge is 2.20. The molecule has 0 radical (unpaired) electrons. The Balaban J connectivity index is 1.19. The Kier molecular flexibility index (Phi) is 6.39. The van der Waals surface area contributed by atoms with E-state index in [9.17, 15) is 0 Å². The zero-order valence-electron chi connectivity index (χ0n) is 27.7. The van der Waals surface area contributed by atoms with Gasteiger partial charge in [-0.25, -0.2) is 15.0 Å². The highest BCUT2D eigenvalue weighted by Crippen LogP contribution is 2.43. The summed E-state index contributed by atoms with van der Waals surface area (Å²) in [6.45, 7) is 0. The van der Waals surface area contributed by atoms with Crippen molar-refractivity contribution in [1.82, 2.24) is 15.0 Å². The molecule has 0 aliphatic heterocycles. The molecule has 0 saturated heterocycles. The predicted molar refractivity (Wildman–Crippen MR) is 217 cm³/mol. The summed E-state index contributed by atoms with van der Waals surface area (Å²) in [6, 6.07) is 57.0. The van der Waals surface area contributed by atoms with E-state index >= 15 is 0 Å². The van der Waals surface area contributed by atoms with E-state index in [1.54, 1.807) is 0 Å². The smallest absolute Gasteiger partial charge is 0.160 e. The highest BCUT2D eigenvalue weighted by atomic mass is 32.1. The van der Waals surface area contributed by atoms with Gasteiger partial charge in [0.25, 0.3) is 0 Å². The minimum Gasteiger partial charge on any atom is -0.456 e. The molecule has 0 spiro atoms. The average Bonchev–Trinajstić information content (AvgIpc) is 3.79. The van der Waals surface area contributed by atoms with Crippen LogP contribution in [0, 0.1) is 0 Å². The van der Waals surface area contributed by atoms with Gasteiger partial charge in [0.05, 0.1) is 22.6 Å². The number of nitrogens with zero attached hydrogens (tertiary/aromatic N) is 3. The first-order chi connectivity index (χ1) is 25.8. The largest absolute Gasteiger partial charge is 0.456 e. The van der Waals surface area contributed by atoms with Crippen LogP contribution in [0.3, 0.4) is 0 Å². The topological polar surface area (TPSA) is 51.8 Å². The van der Waals surface area contributed by atoms with Crippen LogP contribution in [0.2, 0.25) is 0 Å². The molecule has 0 fully saturated rings. The van der Waals surface area contributed by atoms with E-state index in [0.29, 0.717) is 5.82 Å².